The smallest absolute Gasteiger partial charge is 0.349 e. The van der Waals surface area contributed by atoms with Crippen LogP contribution in [0.1, 0.15) is 31.9 Å². The molecule has 0 amide bonds. The Bertz CT molecular complexity index is 1170. The summed E-state index contributed by atoms with van der Waals surface area (Å²) in [5, 5.41) is 44.0. The van der Waals surface area contributed by atoms with Crippen molar-refractivity contribution in [2.75, 3.05) is 13.7 Å². The predicted molar refractivity (Wildman–Crippen MR) is 115 cm³/mol. The Kier molecular flexibility index (Phi) is 6.94. The van der Waals surface area contributed by atoms with Crippen molar-refractivity contribution < 1.29 is 38.8 Å². The lowest BCUT2D eigenvalue weighted by molar-refractivity contribution is -0.306. The lowest BCUT2D eigenvalue weighted by Gasteiger charge is -2.46. The Morgan fingerprint density at radius 1 is 1.30 bits per heavy atom. The summed E-state index contributed by atoms with van der Waals surface area (Å²) in [6.07, 6.45) is -4.68. The number of methoxy groups -OCH3 is 1. The molecule has 0 bridgehead atoms. The molecule has 1 aromatic carbocycles. The van der Waals surface area contributed by atoms with E-state index >= 15 is 0 Å². The first-order chi connectivity index (χ1) is 15.5. The van der Waals surface area contributed by atoms with E-state index in [2.05, 4.69) is 5.16 Å². The van der Waals surface area contributed by atoms with Gasteiger partial charge in [-0.3, -0.25) is 0 Å². The van der Waals surface area contributed by atoms with Crippen LogP contribution in [0.15, 0.2) is 26.5 Å². The van der Waals surface area contributed by atoms with Gasteiger partial charge in [0.25, 0.3) is 0 Å². The highest BCUT2D eigenvalue weighted by Gasteiger charge is 2.50. The minimum absolute atomic E-state index is 0.0408. The van der Waals surface area contributed by atoms with Crippen molar-refractivity contribution in [3.63, 3.8) is 0 Å². The summed E-state index contributed by atoms with van der Waals surface area (Å²) in [4.78, 5) is 17.3. The quantitative estimate of drug-likeness (QED) is 0.247. The van der Waals surface area contributed by atoms with Crippen molar-refractivity contribution in [3.05, 3.63) is 33.7 Å². The fraction of sp³-hybridized carbons (Fsp3) is 0.500. The number of nitrogens with zero attached hydrogens (tertiary/aromatic N) is 2. The van der Waals surface area contributed by atoms with Gasteiger partial charge in [0.2, 0.25) is 12.9 Å². The monoisotopic (exact) mass is 462 g/mol. The second-order valence-electron chi connectivity index (χ2n) is 8.13. The van der Waals surface area contributed by atoms with E-state index in [0.29, 0.717) is 5.56 Å². The number of rotatable bonds is 6. The lowest BCUT2D eigenvalue weighted by Crippen LogP contribution is -2.63. The molecule has 0 unspecified atom stereocenters. The highest BCUT2D eigenvalue weighted by molar-refractivity contribution is 6.04. The number of nitriles is 1. The zero-order chi connectivity index (χ0) is 24.5. The van der Waals surface area contributed by atoms with Gasteiger partial charge in [0.1, 0.15) is 47.0 Å². The third-order valence-corrected chi connectivity index (χ3v) is 5.48. The Labute approximate surface area is 189 Å². The van der Waals surface area contributed by atoms with Crippen molar-refractivity contribution in [1.29, 1.82) is 5.26 Å². The van der Waals surface area contributed by atoms with Gasteiger partial charge in [0, 0.05) is 12.7 Å². The maximum atomic E-state index is 12.6. The lowest BCUT2D eigenvalue weighted by atomic mass is 9.89. The molecule has 2 heterocycles. The molecular formula is C22H26N2O9. The molecular weight excluding hydrogens is 436 g/mol. The van der Waals surface area contributed by atoms with E-state index in [1.54, 1.807) is 26.8 Å². The summed E-state index contributed by atoms with van der Waals surface area (Å²) in [6, 6.07) is 4.72. The summed E-state index contributed by atoms with van der Waals surface area (Å²) in [5.41, 5.74) is -1.57. The normalized spacial score (nSPS) is 25.0. The first kappa shape index (κ1) is 24.5. The van der Waals surface area contributed by atoms with E-state index < -0.39 is 35.8 Å². The summed E-state index contributed by atoms with van der Waals surface area (Å²) < 4.78 is 22.3. The van der Waals surface area contributed by atoms with Crippen LogP contribution >= 0.6 is 0 Å². The minimum Gasteiger partial charge on any atom is -0.506 e. The number of hydrogen-bond acceptors (Lipinski definition) is 11. The number of hydrogen-bond donors (Lipinski definition) is 3. The van der Waals surface area contributed by atoms with Crippen LogP contribution in [-0.4, -0.2) is 65.0 Å². The number of ether oxygens (including phenoxy) is 3. The molecule has 1 saturated heterocycles. The summed E-state index contributed by atoms with van der Waals surface area (Å²) in [7, 11) is 1.41. The van der Waals surface area contributed by atoms with Crippen molar-refractivity contribution in [2.45, 2.75) is 57.9 Å². The third kappa shape index (κ3) is 4.51. The Morgan fingerprint density at radius 3 is 2.64 bits per heavy atom. The van der Waals surface area contributed by atoms with Crippen molar-refractivity contribution >= 4 is 16.7 Å². The highest BCUT2D eigenvalue weighted by Crippen LogP contribution is 2.36. The van der Waals surface area contributed by atoms with Crippen molar-refractivity contribution in [1.82, 2.24) is 0 Å². The average Bonchev–Trinajstić information content (AvgIpc) is 2.74. The topological polar surface area (TPSA) is 164 Å². The summed E-state index contributed by atoms with van der Waals surface area (Å²) in [6.45, 7) is 6.11. The Hall–Kier alpha value is -3.17. The van der Waals surface area contributed by atoms with Gasteiger partial charge in [-0.25, -0.2) is 4.79 Å². The van der Waals surface area contributed by atoms with E-state index in [9.17, 15) is 20.1 Å². The molecule has 1 aliphatic heterocycles. The van der Waals surface area contributed by atoms with Crippen LogP contribution < -0.4 is 10.4 Å². The van der Waals surface area contributed by atoms with Crippen LogP contribution in [0.3, 0.4) is 0 Å². The van der Waals surface area contributed by atoms with Crippen molar-refractivity contribution in [3.8, 4) is 17.6 Å². The summed E-state index contributed by atoms with van der Waals surface area (Å²) >= 11 is 0. The molecule has 0 spiro atoms. The summed E-state index contributed by atoms with van der Waals surface area (Å²) in [5.74, 6) is -0.158. The van der Waals surface area contributed by atoms with Crippen LogP contribution in [0.4, 0.5) is 0 Å². The van der Waals surface area contributed by atoms with E-state index in [0.717, 1.165) is 0 Å². The van der Waals surface area contributed by atoms with E-state index in [4.69, 9.17) is 28.7 Å². The SMILES string of the molecule is CO[C@@H]1[C@@H](O)[C@@H](O)[C@H](Oc2ccc3c(O)c(/C(C)=N\OCC#N)c(=O)oc3c2C)OC1(C)C. The second kappa shape index (κ2) is 9.36. The Morgan fingerprint density at radius 2 is 2.00 bits per heavy atom. The zero-order valence-electron chi connectivity index (χ0n) is 18.9. The molecule has 1 aromatic heterocycles. The fourth-order valence-corrected chi connectivity index (χ4v) is 3.85. The maximum Gasteiger partial charge on any atom is 0.349 e. The molecule has 2 aromatic rings. The third-order valence-electron chi connectivity index (χ3n) is 5.48. The number of aromatic hydroxyl groups is 1. The number of benzene rings is 1. The van der Waals surface area contributed by atoms with Crippen LogP contribution in [0.5, 0.6) is 11.5 Å². The standard InChI is InChI=1S/C22H26N2O9/c1-10-13(31-21-17(27)16(26)19(29-5)22(3,4)33-21)7-6-12-15(25)14(20(28)32-18(10)12)11(2)24-30-9-8-23/h6-7,16-17,19,21,25-27H,9H2,1-5H3/b24-11-/t16-,17+,19+,21+/m0/s1. The largest absolute Gasteiger partial charge is 0.506 e. The molecule has 11 heteroatoms. The number of aliphatic hydroxyl groups excluding tert-OH is 2. The number of aryl methyl sites for hydroxylation is 1. The van der Waals surface area contributed by atoms with Gasteiger partial charge in [-0.15, -0.1) is 0 Å². The van der Waals surface area contributed by atoms with Gasteiger partial charge in [0.15, 0.2) is 0 Å². The van der Waals surface area contributed by atoms with E-state index in [-0.39, 0.29) is 40.4 Å². The molecule has 3 N–H and O–H groups in total. The number of oxime groups is 1. The molecule has 1 aliphatic rings. The molecule has 33 heavy (non-hydrogen) atoms. The van der Waals surface area contributed by atoms with Gasteiger partial charge >= 0.3 is 5.63 Å². The zero-order valence-corrected chi connectivity index (χ0v) is 18.9. The molecule has 0 saturated carbocycles. The van der Waals surface area contributed by atoms with Crippen molar-refractivity contribution in [2.24, 2.45) is 5.16 Å². The number of fused-ring (bicyclic) bond motifs is 1. The molecule has 178 valence electrons. The molecule has 0 aliphatic carbocycles. The maximum absolute atomic E-state index is 12.6. The first-order valence-electron chi connectivity index (χ1n) is 10.1. The van der Waals surface area contributed by atoms with Crippen LogP contribution in [0.2, 0.25) is 0 Å². The minimum atomic E-state index is -1.41. The van der Waals surface area contributed by atoms with Crippen LogP contribution in [-0.2, 0) is 14.3 Å². The molecule has 4 atom stereocenters. The van der Waals surface area contributed by atoms with E-state index in [1.165, 1.54) is 26.2 Å². The molecule has 0 radical (unpaired) electrons. The average molecular weight is 462 g/mol. The van der Waals surface area contributed by atoms with Gasteiger partial charge in [-0.1, -0.05) is 5.16 Å². The number of aliphatic hydroxyl groups is 2. The molecule has 1 fully saturated rings. The van der Waals surface area contributed by atoms with Crippen LogP contribution in [0.25, 0.3) is 11.0 Å². The first-order valence-corrected chi connectivity index (χ1v) is 10.1. The van der Waals surface area contributed by atoms with Gasteiger partial charge in [-0.2, -0.15) is 5.26 Å². The van der Waals surface area contributed by atoms with Crippen LogP contribution in [0, 0.1) is 18.3 Å². The van der Waals surface area contributed by atoms with Gasteiger partial charge in [-0.05, 0) is 39.8 Å². The predicted octanol–water partition coefficient (Wildman–Crippen LogP) is 1.32. The van der Waals surface area contributed by atoms with E-state index in [1.807, 2.05) is 0 Å². The van der Waals surface area contributed by atoms with Gasteiger partial charge < -0.3 is 38.8 Å². The molecule has 3 rings (SSSR count). The molecule has 11 nitrogen and oxygen atoms in total. The highest BCUT2D eigenvalue weighted by atomic mass is 16.7. The second-order valence-corrected chi connectivity index (χ2v) is 8.13. The fourth-order valence-electron chi connectivity index (χ4n) is 3.85. The van der Waals surface area contributed by atoms with Gasteiger partial charge in [0.05, 0.1) is 16.7 Å². The Balaban J connectivity index is 1.98.